The van der Waals surface area contributed by atoms with Crippen molar-refractivity contribution in [2.24, 2.45) is 0 Å². The van der Waals surface area contributed by atoms with Crippen molar-refractivity contribution in [1.82, 2.24) is 4.98 Å². The first-order valence-electron chi connectivity index (χ1n) is 5.79. The number of carboxylic acids is 1. The first kappa shape index (κ1) is 10.2. The van der Waals surface area contributed by atoms with E-state index in [2.05, 4.69) is 23.3 Å². The second kappa shape index (κ2) is 3.52. The monoisotopic (exact) mass is 230 g/mol. The van der Waals surface area contributed by atoms with Gasteiger partial charge in [0.05, 0.1) is 11.2 Å². The Labute approximate surface area is 98.6 Å². The van der Waals surface area contributed by atoms with E-state index >= 15 is 0 Å². The Morgan fingerprint density at radius 1 is 1.47 bits per heavy atom. The van der Waals surface area contributed by atoms with E-state index in [4.69, 9.17) is 5.11 Å². The van der Waals surface area contributed by atoms with Crippen LogP contribution in [0.5, 0.6) is 0 Å². The quantitative estimate of drug-likeness (QED) is 0.705. The van der Waals surface area contributed by atoms with Crippen molar-refractivity contribution in [2.45, 2.75) is 19.3 Å². The van der Waals surface area contributed by atoms with Crippen LogP contribution in [0.3, 0.4) is 0 Å². The van der Waals surface area contributed by atoms with E-state index in [1.54, 1.807) is 6.07 Å². The minimum atomic E-state index is -0.918. The van der Waals surface area contributed by atoms with E-state index < -0.39 is 5.97 Å². The molecule has 0 fully saturated rings. The second-order valence-electron chi connectivity index (χ2n) is 4.60. The van der Waals surface area contributed by atoms with Gasteiger partial charge >= 0.3 is 5.97 Å². The number of H-pyrrole nitrogens is 1. The van der Waals surface area contributed by atoms with Crippen LogP contribution >= 0.6 is 0 Å². The average Bonchev–Trinajstić information content (AvgIpc) is 2.73. The molecule has 4 nitrogen and oxygen atoms in total. The molecule has 4 heteroatoms. The summed E-state index contributed by atoms with van der Waals surface area (Å²) in [6.07, 6.45) is 1.12. The Kier molecular flexibility index (Phi) is 2.11. The van der Waals surface area contributed by atoms with Crippen molar-refractivity contribution in [3.63, 3.8) is 0 Å². The number of fused-ring (bicyclic) bond motifs is 3. The van der Waals surface area contributed by atoms with Crippen LogP contribution < -0.4 is 5.32 Å². The van der Waals surface area contributed by atoms with E-state index in [0.717, 1.165) is 29.6 Å². The molecule has 0 amide bonds. The molecule has 1 aromatic heterocycles. The van der Waals surface area contributed by atoms with Gasteiger partial charge in [-0.2, -0.15) is 0 Å². The van der Waals surface area contributed by atoms with Crippen LogP contribution in [0.2, 0.25) is 0 Å². The highest BCUT2D eigenvalue weighted by Gasteiger charge is 2.19. The zero-order valence-electron chi connectivity index (χ0n) is 9.58. The van der Waals surface area contributed by atoms with Crippen molar-refractivity contribution >= 4 is 22.6 Å². The van der Waals surface area contributed by atoms with Crippen LogP contribution in [0.25, 0.3) is 10.9 Å². The smallest absolute Gasteiger partial charge is 0.352 e. The van der Waals surface area contributed by atoms with Gasteiger partial charge in [-0.15, -0.1) is 0 Å². The van der Waals surface area contributed by atoms with Crippen molar-refractivity contribution < 1.29 is 9.90 Å². The lowest BCUT2D eigenvalue weighted by Gasteiger charge is -2.24. The summed E-state index contributed by atoms with van der Waals surface area (Å²) in [5, 5.41) is 13.3. The molecule has 1 aromatic carbocycles. The number of aromatic amines is 1. The molecule has 1 aliphatic heterocycles. The molecule has 88 valence electrons. The molecule has 0 radical (unpaired) electrons. The van der Waals surface area contributed by atoms with Gasteiger partial charge in [0.25, 0.3) is 0 Å². The Balaban J connectivity index is 2.26. The fraction of sp³-hybridized carbons (Fsp3) is 0.308. The Bertz CT molecular complexity index is 601. The molecule has 3 N–H and O–H groups in total. The van der Waals surface area contributed by atoms with Gasteiger partial charge < -0.3 is 15.4 Å². The van der Waals surface area contributed by atoms with E-state index in [0.29, 0.717) is 5.92 Å². The topological polar surface area (TPSA) is 65.1 Å². The second-order valence-corrected chi connectivity index (χ2v) is 4.60. The summed E-state index contributed by atoms with van der Waals surface area (Å²) in [7, 11) is 0. The number of hydrogen-bond acceptors (Lipinski definition) is 2. The maximum atomic E-state index is 11.0. The number of aromatic carboxylic acids is 1. The highest BCUT2D eigenvalue weighted by atomic mass is 16.4. The number of carboxylic acid groups (broad SMARTS) is 1. The summed E-state index contributed by atoms with van der Waals surface area (Å²) in [6.45, 7) is 3.14. The van der Waals surface area contributed by atoms with Crippen LogP contribution in [-0.4, -0.2) is 22.6 Å². The molecule has 2 heterocycles. The molecule has 17 heavy (non-hydrogen) atoms. The van der Waals surface area contributed by atoms with Crippen molar-refractivity contribution in [1.29, 1.82) is 0 Å². The predicted octanol–water partition coefficient (Wildman–Crippen LogP) is 2.79. The predicted molar refractivity (Wildman–Crippen MR) is 66.8 cm³/mol. The normalized spacial score (nSPS) is 18.8. The van der Waals surface area contributed by atoms with Gasteiger partial charge in [-0.1, -0.05) is 19.1 Å². The minimum Gasteiger partial charge on any atom is -0.477 e. The van der Waals surface area contributed by atoms with Crippen LogP contribution in [0, 0.1) is 0 Å². The van der Waals surface area contributed by atoms with E-state index in [1.807, 2.05) is 6.07 Å². The van der Waals surface area contributed by atoms with Crippen LogP contribution in [0.1, 0.15) is 35.3 Å². The highest BCUT2D eigenvalue weighted by molar-refractivity contribution is 5.99. The molecule has 2 aromatic rings. The highest BCUT2D eigenvalue weighted by Crippen LogP contribution is 2.36. The maximum absolute atomic E-state index is 11.0. The third-order valence-electron chi connectivity index (χ3n) is 3.47. The lowest BCUT2D eigenvalue weighted by atomic mass is 9.92. The van der Waals surface area contributed by atoms with Crippen molar-refractivity contribution in [3.05, 3.63) is 29.5 Å². The number of anilines is 1. The molecule has 3 rings (SSSR count). The average molecular weight is 230 g/mol. The third-order valence-corrected chi connectivity index (χ3v) is 3.47. The van der Waals surface area contributed by atoms with Gasteiger partial charge in [0, 0.05) is 11.9 Å². The first-order valence-corrected chi connectivity index (χ1v) is 5.79. The van der Waals surface area contributed by atoms with Gasteiger partial charge in [0.15, 0.2) is 0 Å². The molecule has 0 aliphatic carbocycles. The van der Waals surface area contributed by atoms with Gasteiger partial charge in [0.1, 0.15) is 5.69 Å². The number of nitrogens with one attached hydrogen (secondary N) is 2. The number of carbonyl (C=O) groups is 1. The van der Waals surface area contributed by atoms with Crippen LogP contribution in [0.4, 0.5) is 5.69 Å². The van der Waals surface area contributed by atoms with Crippen LogP contribution in [-0.2, 0) is 0 Å². The molecule has 1 atom stereocenters. The number of benzene rings is 1. The Hall–Kier alpha value is -1.97. The molecule has 1 unspecified atom stereocenters. The molecule has 0 saturated carbocycles. The van der Waals surface area contributed by atoms with Crippen molar-refractivity contribution in [3.8, 4) is 0 Å². The van der Waals surface area contributed by atoms with Gasteiger partial charge in [0.2, 0.25) is 0 Å². The summed E-state index contributed by atoms with van der Waals surface area (Å²) in [5.74, 6) is -0.397. The van der Waals surface area contributed by atoms with E-state index in [-0.39, 0.29) is 5.69 Å². The summed E-state index contributed by atoms with van der Waals surface area (Å²) in [6, 6.07) is 5.76. The minimum absolute atomic E-state index is 0.244. The van der Waals surface area contributed by atoms with Gasteiger partial charge in [-0.25, -0.2) is 4.79 Å². The summed E-state index contributed by atoms with van der Waals surface area (Å²) in [5.41, 5.74) is 3.48. The molecular weight excluding hydrogens is 216 g/mol. The Morgan fingerprint density at radius 2 is 2.29 bits per heavy atom. The fourth-order valence-corrected chi connectivity index (χ4v) is 2.50. The molecule has 1 aliphatic rings. The largest absolute Gasteiger partial charge is 0.477 e. The summed E-state index contributed by atoms with van der Waals surface area (Å²) in [4.78, 5) is 13.9. The molecule has 0 bridgehead atoms. The first-order chi connectivity index (χ1) is 8.16. The van der Waals surface area contributed by atoms with Gasteiger partial charge in [-0.3, -0.25) is 0 Å². The fourth-order valence-electron chi connectivity index (χ4n) is 2.50. The van der Waals surface area contributed by atoms with Gasteiger partial charge in [-0.05, 0) is 24.0 Å². The lowest BCUT2D eigenvalue weighted by Crippen LogP contribution is -2.15. The Morgan fingerprint density at radius 3 is 3.06 bits per heavy atom. The summed E-state index contributed by atoms with van der Waals surface area (Å²) >= 11 is 0. The number of aromatic nitrogens is 1. The SMILES string of the molecule is CC1CCNc2c1ccc1cc(C(=O)O)[nH]c21. The number of hydrogen-bond donors (Lipinski definition) is 3. The maximum Gasteiger partial charge on any atom is 0.352 e. The van der Waals surface area contributed by atoms with Crippen molar-refractivity contribution in [2.75, 3.05) is 11.9 Å². The van der Waals surface area contributed by atoms with Crippen LogP contribution in [0.15, 0.2) is 18.2 Å². The molecule has 0 saturated heterocycles. The van der Waals surface area contributed by atoms with E-state index in [1.165, 1.54) is 5.56 Å². The molecular formula is C13H14N2O2. The third kappa shape index (κ3) is 1.48. The zero-order chi connectivity index (χ0) is 12.0. The zero-order valence-corrected chi connectivity index (χ0v) is 9.58. The lowest BCUT2D eigenvalue weighted by molar-refractivity contribution is 0.0691. The number of rotatable bonds is 1. The molecule has 0 spiro atoms. The standard InChI is InChI=1S/C13H14N2O2/c1-7-4-5-14-12-9(7)3-2-8-6-10(13(16)17)15-11(8)12/h2-3,6-7,14-15H,4-5H2,1H3,(H,16,17). The van der Waals surface area contributed by atoms with E-state index in [9.17, 15) is 4.79 Å². The summed E-state index contributed by atoms with van der Waals surface area (Å²) < 4.78 is 0.